The van der Waals surface area contributed by atoms with Crippen LogP contribution < -0.4 is 0 Å². The number of hydrogen-bond acceptors (Lipinski definition) is 1. The quantitative estimate of drug-likeness (QED) is 0.505. The second-order valence-electron chi connectivity index (χ2n) is 2.55. The lowest BCUT2D eigenvalue weighted by molar-refractivity contribution is -0.107. The van der Waals surface area contributed by atoms with Crippen LogP contribution in [-0.4, -0.2) is 5.24 Å². The lowest BCUT2D eigenvalue weighted by Crippen LogP contribution is -1.77. The van der Waals surface area contributed by atoms with Crippen molar-refractivity contribution in [2.45, 2.75) is 6.92 Å². The molecule has 0 aliphatic carbocycles. The highest BCUT2D eigenvalue weighted by Gasteiger charge is 1.88. The summed E-state index contributed by atoms with van der Waals surface area (Å²) in [7, 11) is 0. The summed E-state index contributed by atoms with van der Waals surface area (Å²) in [6, 6.07) is 7.84. The van der Waals surface area contributed by atoms with Gasteiger partial charge < -0.3 is 0 Å². The SMILES string of the molecule is Cc1cccc(/C=C\C(=O)Cl)c1. The minimum Gasteiger partial charge on any atom is -0.276 e. The molecular weight excluding hydrogens is 172 g/mol. The fourth-order valence-electron chi connectivity index (χ4n) is 0.936. The van der Waals surface area contributed by atoms with Crippen molar-refractivity contribution >= 4 is 22.9 Å². The molecule has 0 radical (unpaired) electrons. The second-order valence-corrected chi connectivity index (χ2v) is 2.92. The van der Waals surface area contributed by atoms with Crippen molar-refractivity contribution in [2.75, 3.05) is 0 Å². The van der Waals surface area contributed by atoms with Crippen LogP contribution in [0.15, 0.2) is 30.3 Å². The molecule has 0 aromatic heterocycles. The number of carbonyl (C=O) groups is 1. The van der Waals surface area contributed by atoms with Crippen molar-refractivity contribution in [2.24, 2.45) is 0 Å². The lowest BCUT2D eigenvalue weighted by Gasteiger charge is -1.93. The second kappa shape index (κ2) is 4.07. The van der Waals surface area contributed by atoms with Crippen molar-refractivity contribution < 1.29 is 4.79 Å². The molecule has 0 N–H and O–H groups in total. The summed E-state index contributed by atoms with van der Waals surface area (Å²) < 4.78 is 0. The fraction of sp³-hybridized carbons (Fsp3) is 0.100. The Balaban J connectivity index is 2.83. The van der Waals surface area contributed by atoms with Gasteiger partial charge in [-0.05, 0) is 30.2 Å². The number of benzene rings is 1. The molecular formula is C10H9ClO. The molecule has 12 heavy (non-hydrogen) atoms. The Morgan fingerprint density at radius 1 is 1.50 bits per heavy atom. The molecule has 0 heterocycles. The Labute approximate surface area is 76.7 Å². The number of aryl methyl sites for hydroxylation is 1. The van der Waals surface area contributed by atoms with Crippen LogP contribution in [0.5, 0.6) is 0 Å². The zero-order valence-electron chi connectivity index (χ0n) is 6.75. The van der Waals surface area contributed by atoms with E-state index in [2.05, 4.69) is 0 Å². The first kappa shape index (κ1) is 9.01. The highest BCUT2D eigenvalue weighted by molar-refractivity contribution is 6.66. The zero-order valence-corrected chi connectivity index (χ0v) is 7.51. The van der Waals surface area contributed by atoms with Crippen molar-refractivity contribution in [1.82, 2.24) is 0 Å². The number of hydrogen-bond donors (Lipinski definition) is 0. The minimum absolute atomic E-state index is 0.448. The van der Waals surface area contributed by atoms with E-state index in [-0.39, 0.29) is 0 Å². The molecule has 0 saturated carbocycles. The molecule has 2 heteroatoms. The first-order valence-corrected chi connectivity index (χ1v) is 4.00. The van der Waals surface area contributed by atoms with E-state index in [0.717, 1.165) is 5.56 Å². The van der Waals surface area contributed by atoms with E-state index in [1.807, 2.05) is 31.2 Å². The number of halogens is 1. The van der Waals surface area contributed by atoms with Gasteiger partial charge in [0.1, 0.15) is 0 Å². The summed E-state index contributed by atoms with van der Waals surface area (Å²) in [5.74, 6) is 0. The Kier molecular flexibility index (Phi) is 3.06. The normalized spacial score (nSPS) is 10.5. The van der Waals surface area contributed by atoms with Gasteiger partial charge in [0, 0.05) is 0 Å². The first-order chi connectivity index (χ1) is 5.68. The van der Waals surface area contributed by atoms with Gasteiger partial charge in [-0.25, -0.2) is 0 Å². The van der Waals surface area contributed by atoms with Crippen LogP contribution in [-0.2, 0) is 4.79 Å². The smallest absolute Gasteiger partial charge is 0.245 e. The van der Waals surface area contributed by atoms with E-state index in [1.54, 1.807) is 6.08 Å². The van der Waals surface area contributed by atoms with Gasteiger partial charge >= 0.3 is 0 Å². The van der Waals surface area contributed by atoms with Crippen LogP contribution in [0.25, 0.3) is 6.08 Å². The maximum absolute atomic E-state index is 10.4. The molecule has 0 bridgehead atoms. The van der Waals surface area contributed by atoms with Crippen molar-refractivity contribution in [3.05, 3.63) is 41.5 Å². The Bertz CT molecular complexity index is 315. The van der Waals surface area contributed by atoms with Gasteiger partial charge in [0.25, 0.3) is 0 Å². The maximum Gasteiger partial charge on any atom is 0.245 e. The van der Waals surface area contributed by atoms with Gasteiger partial charge in [0.15, 0.2) is 0 Å². The van der Waals surface area contributed by atoms with E-state index in [0.29, 0.717) is 0 Å². The number of rotatable bonds is 2. The Hall–Kier alpha value is -1.08. The van der Waals surface area contributed by atoms with Crippen LogP contribution in [0.4, 0.5) is 0 Å². The van der Waals surface area contributed by atoms with Gasteiger partial charge in [-0.1, -0.05) is 35.9 Å². The standard InChI is InChI=1S/C10H9ClO/c1-8-3-2-4-9(7-8)5-6-10(11)12/h2-7H,1H3/b6-5-. The summed E-state index contributed by atoms with van der Waals surface area (Å²) in [4.78, 5) is 10.4. The molecule has 0 aliphatic rings. The molecule has 0 spiro atoms. The van der Waals surface area contributed by atoms with Crippen LogP contribution in [0.2, 0.25) is 0 Å². The van der Waals surface area contributed by atoms with E-state index in [1.165, 1.54) is 11.6 Å². The topological polar surface area (TPSA) is 17.1 Å². The molecule has 0 atom stereocenters. The molecule has 0 amide bonds. The van der Waals surface area contributed by atoms with Crippen molar-refractivity contribution in [3.8, 4) is 0 Å². The van der Waals surface area contributed by atoms with E-state index < -0.39 is 5.24 Å². The van der Waals surface area contributed by atoms with Gasteiger partial charge in [-0.3, -0.25) is 4.79 Å². The highest BCUT2D eigenvalue weighted by atomic mass is 35.5. The number of carbonyl (C=O) groups excluding carboxylic acids is 1. The van der Waals surface area contributed by atoms with Gasteiger partial charge in [0.05, 0.1) is 0 Å². The average molecular weight is 181 g/mol. The zero-order chi connectivity index (χ0) is 8.97. The Morgan fingerprint density at radius 2 is 2.25 bits per heavy atom. The molecule has 0 aliphatic heterocycles. The molecule has 1 nitrogen and oxygen atoms in total. The van der Waals surface area contributed by atoms with E-state index in [9.17, 15) is 4.79 Å². The minimum atomic E-state index is -0.448. The van der Waals surface area contributed by atoms with Gasteiger partial charge in [0.2, 0.25) is 5.24 Å². The highest BCUT2D eigenvalue weighted by Crippen LogP contribution is 2.05. The average Bonchev–Trinajstić information content (AvgIpc) is 2.01. The third-order valence-corrected chi connectivity index (χ3v) is 1.57. The molecule has 0 fully saturated rings. The monoisotopic (exact) mass is 180 g/mol. The predicted octanol–water partition coefficient (Wildman–Crippen LogP) is 2.77. The summed E-state index contributed by atoms with van der Waals surface area (Å²) in [6.45, 7) is 2.00. The lowest BCUT2D eigenvalue weighted by atomic mass is 10.1. The third-order valence-electron chi connectivity index (χ3n) is 1.45. The van der Waals surface area contributed by atoms with Crippen molar-refractivity contribution in [3.63, 3.8) is 0 Å². The third kappa shape index (κ3) is 2.89. The van der Waals surface area contributed by atoms with Crippen LogP contribution in [0, 0.1) is 6.92 Å². The molecule has 1 aromatic rings. The van der Waals surface area contributed by atoms with Gasteiger partial charge in [-0.2, -0.15) is 0 Å². The van der Waals surface area contributed by atoms with Crippen LogP contribution in [0.3, 0.4) is 0 Å². The molecule has 62 valence electrons. The molecule has 1 rings (SSSR count). The Morgan fingerprint density at radius 3 is 2.83 bits per heavy atom. The maximum atomic E-state index is 10.4. The van der Waals surface area contributed by atoms with Crippen LogP contribution >= 0.6 is 11.6 Å². The van der Waals surface area contributed by atoms with Crippen molar-refractivity contribution in [1.29, 1.82) is 0 Å². The number of allylic oxidation sites excluding steroid dienone is 1. The summed E-state index contributed by atoms with van der Waals surface area (Å²) >= 11 is 5.14. The van der Waals surface area contributed by atoms with Crippen LogP contribution in [0.1, 0.15) is 11.1 Å². The summed E-state index contributed by atoms with van der Waals surface area (Å²) in [5.41, 5.74) is 2.16. The van der Waals surface area contributed by atoms with E-state index in [4.69, 9.17) is 11.6 Å². The fourth-order valence-corrected chi connectivity index (χ4v) is 0.999. The summed E-state index contributed by atoms with van der Waals surface area (Å²) in [6.07, 6.45) is 3.04. The summed E-state index contributed by atoms with van der Waals surface area (Å²) in [5, 5.41) is -0.448. The molecule has 1 aromatic carbocycles. The van der Waals surface area contributed by atoms with Gasteiger partial charge in [-0.15, -0.1) is 0 Å². The largest absolute Gasteiger partial charge is 0.276 e. The van der Waals surface area contributed by atoms with E-state index >= 15 is 0 Å². The predicted molar refractivity (Wildman–Crippen MR) is 51.1 cm³/mol. The first-order valence-electron chi connectivity index (χ1n) is 3.63. The molecule has 0 unspecified atom stereocenters. The molecule has 0 saturated heterocycles.